The van der Waals surface area contributed by atoms with Crippen molar-refractivity contribution in [1.82, 2.24) is 25.2 Å². The van der Waals surface area contributed by atoms with Gasteiger partial charge in [-0.15, -0.1) is 10.2 Å². The van der Waals surface area contributed by atoms with Crippen molar-refractivity contribution in [2.24, 2.45) is 4.99 Å². The smallest absolute Gasteiger partial charge is 0.191 e. The number of hydrogen-bond acceptors (Lipinski definition) is 4. The first-order valence-corrected chi connectivity index (χ1v) is 7.66. The molecule has 0 spiro atoms. The lowest BCUT2D eigenvalue weighted by atomic mass is 10.4. The summed E-state index contributed by atoms with van der Waals surface area (Å²) in [5.41, 5.74) is 0.839. The SMILES string of the molecule is CCCCOCCNC(=NC)NCc1nnc2ccccn12. The summed E-state index contributed by atoms with van der Waals surface area (Å²) >= 11 is 0. The molecule has 0 bridgehead atoms. The Balaban J connectivity index is 1.74. The Bertz CT molecular complexity index is 594. The molecule has 2 N–H and O–H groups in total. The largest absolute Gasteiger partial charge is 0.380 e. The van der Waals surface area contributed by atoms with Gasteiger partial charge in [-0.1, -0.05) is 19.4 Å². The van der Waals surface area contributed by atoms with Crippen LogP contribution in [0, 0.1) is 0 Å². The molecular formula is C15H24N6O. The van der Waals surface area contributed by atoms with Gasteiger partial charge in [0.15, 0.2) is 17.4 Å². The minimum absolute atomic E-state index is 0.557. The van der Waals surface area contributed by atoms with Crippen molar-refractivity contribution < 1.29 is 4.74 Å². The minimum atomic E-state index is 0.557. The number of unbranched alkanes of at least 4 members (excludes halogenated alkanes) is 1. The van der Waals surface area contributed by atoms with E-state index in [1.165, 1.54) is 0 Å². The lowest BCUT2D eigenvalue weighted by molar-refractivity contribution is 0.136. The molecule has 0 unspecified atom stereocenters. The van der Waals surface area contributed by atoms with Gasteiger partial charge in [-0.25, -0.2) is 0 Å². The molecule has 2 aromatic rings. The predicted octanol–water partition coefficient (Wildman–Crippen LogP) is 1.21. The van der Waals surface area contributed by atoms with Gasteiger partial charge in [-0.3, -0.25) is 9.39 Å². The molecule has 2 rings (SSSR count). The first-order valence-electron chi connectivity index (χ1n) is 7.66. The number of nitrogens with one attached hydrogen (secondary N) is 2. The second-order valence-corrected chi connectivity index (χ2v) is 4.86. The molecule has 0 fully saturated rings. The van der Waals surface area contributed by atoms with Crippen LogP contribution in [-0.2, 0) is 11.3 Å². The second kappa shape index (κ2) is 8.99. The van der Waals surface area contributed by atoms with Crippen LogP contribution in [0.3, 0.4) is 0 Å². The number of aromatic nitrogens is 3. The van der Waals surface area contributed by atoms with Gasteiger partial charge in [-0.05, 0) is 18.6 Å². The van der Waals surface area contributed by atoms with Crippen LogP contribution in [0.2, 0.25) is 0 Å². The van der Waals surface area contributed by atoms with Crippen LogP contribution < -0.4 is 10.6 Å². The third kappa shape index (κ3) is 4.70. The van der Waals surface area contributed by atoms with E-state index in [4.69, 9.17) is 4.74 Å². The first kappa shape index (κ1) is 16.2. The Morgan fingerprint density at radius 2 is 2.18 bits per heavy atom. The lowest BCUT2D eigenvalue weighted by Crippen LogP contribution is -2.38. The highest BCUT2D eigenvalue weighted by molar-refractivity contribution is 5.79. The lowest BCUT2D eigenvalue weighted by Gasteiger charge is -2.11. The van der Waals surface area contributed by atoms with Crippen LogP contribution in [0.25, 0.3) is 5.65 Å². The Morgan fingerprint density at radius 1 is 1.27 bits per heavy atom. The molecule has 7 nitrogen and oxygen atoms in total. The van der Waals surface area contributed by atoms with E-state index in [1.54, 1.807) is 7.05 Å². The zero-order valence-electron chi connectivity index (χ0n) is 13.2. The molecular weight excluding hydrogens is 280 g/mol. The quantitative estimate of drug-likeness (QED) is 0.435. The van der Waals surface area contributed by atoms with Crippen LogP contribution in [0.4, 0.5) is 0 Å². The molecule has 0 aromatic carbocycles. The van der Waals surface area contributed by atoms with Crippen molar-refractivity contribution in [3.8, 4) is 0 Å². The zero-order valence-corrected chi connectivity index (χ0v) is 13.2. The molecule has 0 atom stereocenters. The van der Waals surface area contributed by atoms with Crippen molar-refractivity contribution in [2.45, 2.75) is 26.3 Å². The molecule has 0 saturated heterocycles. The maximum absolute atomic E-state index is 5.51. The van der Waals surface area contributed by atoms with E-state index in [2.05, 4.69) is 32.7 Å². The second-order valence-electron chi connectivity index (χ2n) is 4.86. The van der Waals surface area contributed by atoms with Gasteiger partial charge in [0.05, 0.1) is 13.2 Å². The number of pyridine rings is 1. The fourth-order valence-corrected chi connectivity index (χ4v) is 1.98. The maximum atomic E-state index is 5.51. The standard InChI is InChI=1S/C15H24N6O/c1-3-4-10-22-11-8-17-15(16-2)18-12-14-20-19-13-7-5-6-9-21(13)14/h5-7,9H,3-4,8,10-12H2,1-2H3,(H2,16,17,18). The van der Waals surface area contributed by atoms with Crippen molar-refractivity contribution in [3.05, 3.63) is 30.2 Å². The number of hydrogen-bond donors (Lipinski definition) is 2. The first-order chi connectivity index (χ1) is 10.8. The Hall–Kier alpha value is -2.15. The van der Waals surface area contributed by atoms with Crippen LogP contribution in [-0.4, -0.2) is 47.4 Å². The van der Waals surface area contributed by atoms with E-state index >= 15 is 0 Å². The fraction of sp³-hybridized carbons (Fsp3) is 0.533. The molecule has 0 amide bonds. The van der Waals surface area contributed by atoms with Crippen LogP contribution >= 0.6 is 0 Å². The summed E-state index contributed by atoms with van der Waals surface area (Å²) < 4.78 is 7.46. The normalized spacial score (nSPS) is 11.8. The fourth-order valence-electron chi connectivity index (χ4n) is 1.98. The summed E-state index contributed by atoms with van der Waals surface area (Å²) in [5.74, 6) is 1.57. The Labute approximate surface area is 130 Å². The van der Waals surface area contributed by atoms with Crippen molar-refractivity contribution in [1.29, 1.82) is 0 Å². The van der Waals surface area contributed by atoms with Crippen LogP contribution in [0.1, 0.15) is 25.6 Å². The Morgan fingerprint density at radius 3 is 3.00 bits per heavy atom. The summed E-state index contributed by atoms with van der Waals surface area (Å²) in [7, 11) is 1.75. The van der Waals surface area contributed by atoms with Gasteiger partial charge in [0, 0.05) is 26.4 Å². The van der Waals surface area contributed by atoms with Crippen molar-refractivity contribution in [3.63, 3.8) is 0 Å². The number of aliphatic imine (C=N–C) groups is 1. The van der Waals surface area contributed by atoms with Gasteiger partial charge in [-0.2, -0.15) is 0 Å². The van der Waals surface area contributed by atoms with Crippen LogP contribution in [0.5, 0.6) is 0 Å². The molecule has 2 heterocycles. The van der Waals surface area contributed by atoms with Gasteiger partial charge >= 0.3 is 0 Å². The van der Waals surface area contributed by atoms with Crippen LogP contribution in [0.15, 0.2) is 29.4 Å². The Kier molecular flexibility index (Phi) is 6.63. The summed E-state index contributed by atoms with van der Waals surface area (Å²) in [6.45, 7) is 4.93. The van der Waals surface area contributed by atoms with E-state index in [9.17, 15) is 0 Å². The number of guanidine groups is 1. The molecule has 120 valence electrons. The maximum Gasteiger partial charge on any atom is 0.191 e. The summed E-state index contributed by atoms with van der Waals surface area (Å²) in [4.78, 5) is 4.18. The highest BCUT2D eigenvalue weighted by Gasteiger charge is 2.05. The molecule has 22 heavy (non-hydrogen) atoms. The topological polar surface area (TPSA) is 75.8 Å². The number of fused-ring (bicyclic) bond motifs is 1. The highest BCUT2D eigenvalue weighted by atomic mass is 16.5. The van der Waals surface area contributed by atoms with E-state index in [1.807, 2.05) is 28.8 Å². The molecule has 0 aliphatic heterocycles. The molecule has 2 aromatic heterocycles. The van der Waals surface area contributed by atoms with Gasteiger partial charge in [0.2, 0.25) is 0 Å². The van der Waals surface area contributed by atoms with Gasteiger partial charge in [0.1, 0.15) is 0 Å². The predicted molar refractivity (Wildman–Crippen MR) is 86.9 cm³/mol. The van der Waals surface area contributed by atoms with Crippen molar-refractivity contribution in [2.75, 3.05) is 26.8 Å². The number of rotatable bonds is 8. The number of nitrogens with zero attached hydrogens (tertiary/aromatic N) is 4. The highest BCUT2D eigenvalue weighted by Crippen LogP contribution is 2.02. The number of ether oxygens (including phenoxy) is 1. The molecule has 0 aliphatic carbocycles. The van der Waals surface area contributed by atoms with Crippen molar-refractivity contribution >= 4 is 11.6 Å². The average Bonchev–Trinajstić information content (AvgIpc) is 2.97. The minimum Gasteiger partial charge on any atom is -0.380 e. The molecule has 0 aliphatic rings. The van der Waals surface area contributed by atoms with E-state index in [0.29, 0.717) is 13.2 Å². The third-order valence-corrected chi connectivity index (χ3v) is 3.20. The third-order valence-electron chi connectivity index (χ3n) is 3.20. The zero-order chi connectivity index (χ0) is 15.6. The molecule has 0 radical (unpaired) electrons. The average molecular weight is 304 g/mol. The van der Waals surface area contributed by atoms with Gasteiger partial charge in [0.25, 0.3) is 0 Å². The van der Waals surface area contributed by atoms with E-state index in [-0.39, 0.29) is 0 Å². The van der Waals surface area contributed by atoms with Gasteiger partial charge < -0.3 is 15.4 Å². The summed E-state index contributed by atoms with van der Waals surface area (Å²) in [5, 5.41) is 14.7. The van der Waals surface area contributed by atoms with E-state index in [0.717, 1.165) is 43.4 Å². The summed E-state index contributed by atoms with van der Waals surface area (Å²) in [6.07, 6.45) is 4.21. The molecule has 7 heteroatoms. The summed E-state index contributed by atoms with van der Waals surface area (Å²) in [6, 6.07) is 5.83. The van der Waals surface area contributed by atoms with E-state index < -0.39 is 0 Å². The molecule has 0 saturated carbocycles. The monoisotopic (exact) mass is 304 g/mol.